The predicted octanol–water partition coefficient (Wildman–Crippen LogP) is 3.01. The SMILES string of the molecule is CCCn1nnnc1COC(=O)COc1ccc(Cl)c2ccccc12. The number of nitrogens with zero attached hydrogens (tertiary/aromatic N) is 4. The second-order valence-electron chi connectivity index (χ2n) is 5.36. The molecule has 0 unspecified atom stereocenters. The average Bonchev–Trinajstić information content (AvgIpc) is 3.07. The van der Waals surface area contributed by atoms with Crippen molar-refractivity contribution in [2.24, 2.45) is 0 Å². The molecule has 0 N–H and O–H groups in total. The van der Waals surface area contributed by atoms with Crippen molar-refractivity contribution in [3.8, 4) is 5.75 Å². The number of rotatable bonds is 7. The van der Waals surface area contributed by atoms with Gasteiger partial charge in [0, 0.05) is 22.3 Å². The highest BCUT2D eigenvalue weighted by atomic mass is 35.5. The molecule has 1 heterocycles. The molecule has 8 heteroatoms. The van der Waals surface area contributed by atoms with Crippen LogP contribution in [0.1, 0.15) is 19.2 Å². The van der Waals surface area contributed by atoms with Crippen molar-refractivity contribution >= 4 is 28.3 Å². The second kappa shape index (κ2) is 7.94. The van der Waals surface area contributed by atoms with Gasteiger partial charge >= 0.3 is 5.97 Å². The summed E-state index contributed by atoms with van der Waals surface area (Å²) in [5.74, 6) is 0.588. The average molecular weight is 361 g/mol. The first-order valence-electron chi connectivity index (χ1n) is 7.89. The second-order valence-corrected chi connectivity index (χ2v) is 5.77. The number of aryl methyl sites for hydroxylation is 1. The molecule has 25 heavy (non-hydrogen) atoms. The third kappa shape index (κ3) is 4.06. The molecule has 0 saturated heterocycles. The van der Waals surface area contributed by atoms with Crippen LogP contribution in [0.3, 0.4) is 0 Å². The highest BCUT2D eigenvalue weighted by Crippen LogP contribution is 2.31. The van der Waals surface area contributed by atoms with Crippen molar-refractivity contribution in [2.45, 2.75) is 26.5 Å². The zero-order valence-corrected chi connectivity index (χ0v) is 14.4. The quantitative estimate of drug-likeness (QED) is 0.602. The van der Waals surface area contributed by atoms with E-state index in [9.17, 15) is 4.79 Å². The van der Waals surface area contributed by atoms with E-state index >= 15 is 0 Å². The maximum Gasteiger partial charge on any atom is 0.344 e. The van der Waals surface area contributed by atoms with Gasteiger partial charge in [0.1, 0.15) is 5.75 Å². The van der Waals surface area contributed by atoms with Gasteiger partial charge in [-0.2, -0.15) is 0 Å². The Morgan fingerprint density at radius 3 is 2.80 bits per heavy atom. The largest absolute Gasteiger partial charge is 0.481 e. The highest BCUT2D eigenvalue weighted by molar-refractivity contribution is 6.35. The summed E-state index contributed by atoms with van der Waals surface area (Å²) in [6, 6.07) is 11.0. The molecule has 0 fully saturated rings. The van der Waals surface area contributed by atoms with E-state index in [0.29, 0.717) is 23.1 Å². The van der Waals surface area contributed by atoms with Gasteiger partial charge in [0.25, 0.3) is 0 Å². The molecule has 0 radical (unpaired) electrons. The van der Waals surface area contributed by atoms with Crippen LogP contribution in [0.2, 0.25) is 5.02 Å². The molecule has 0 aliphatic heterocycles. The van der Waals surface area contributed by atoms with Gasteiger partial charge in [-0.05, 0) is 29.0 Å². The molecule has 1 aromatic heterocycles. The number of hydrogen-bond acceptors (Lipinski definition) is 6. The summed E-state index contributed by atoms with van der Waals surface area (Å²) in [5, 5.41) is 13.6. The number of benzene rings is 2. The summed E-state index contributed by atoms with van der Waals surface area (Å²) in [7, 11) is 0. The van der Waals surface area contributed by atoms with E-state index in [4.69, 9.17) is 21.1 Å². The minimum atomic E-state index is -0.495. The van der Waals surface area contributed by atoms with Crippen molar-refractivity contribution in [2.75, 3.05) is 6.61 Å². The van der Waals surface area contributed by atoms with Crippen LogP contribution in [-0.4, -0.2) is 32.8 Å². The first-order chi connectivity index (χ1) is 12.2. The van der Waals surface area contributed by atoms with Gasteiger partial charge in [0.2, 0.25) is 0 Å². The molecule has 0 spiro atoms. The molecular weight excluding hydrogens is 344 g/mol. The van der Waals surface area contributed by atoms with Crippen LogP contribution in [-0.2, 0) is 22.7 Å². The highest BCUT2D eigenvalue weighted by Gasteiger charge is 2.11. The van der Waals surface area contributed by atoms with Crippen LogP contribution in [0.4, 0.5) is 0 Å². The van der Waals surface area contributed by atoms with E-state index in [0.717, 1.165) is 17.2 Å². The summed E-state index contributed by atoms with van der Waals surface area (Å²) in [4.78, 5) is 11.9. The summed E-state index contributed by atoms with van der Waals surface area (Å²) >= 11 is 6.17. The number of halogens is 1. The molecule has 130 valence electrons. The Balaban J connectivity index is 1.59. The van der Waals surface area contributed by atoms with Crippen molar-refractivity contribution in [3.63, 3.8) is 0 Å². The van der Waals surface area contributed by atoms with E-state index in [-0.39, 0.29) is 13.2 Å². The third-order valence-electron chi connectivity index (χ3n) is 3.58. The first kappa shape index (κ1) is 17.2. The number of aromatic nitrogens is 4. The maximum atomic E-state index is 11.9. The number of carbonyl (C=O) groups excluding carboxylic acids is 1. The fourth-order valence-electron chi connectivity index (χ4n) is 2.40. The van der Waals surface area contributed by atoms with E-state index in [2.05, 4.69) is 15.5 Å². The molecule has 0 aliphatic rings. The zero-order valence-electron chi connectivity index (χ0n) is 13.7. The molecule has 0 saturated carbocycles. The Morgan fingerprint density at radius 2 is 2.00 bits per heavy atom. The molecule has 2 aromatic carbocycles. The first-order valence-corrected chi connectivity index (χ1v) is 8.27. The van der Waals surface area contributed by atoms with E-state index < -0.39 is 5.97 Å². The normalized spacial score (nSPS) is 10.8. The van der Waals surface area contributed by atoms with E-state index in [1.165, 1.54) is 0 Å². The van der Waals surface area contributed by atoms with Crippen molar-refractivity contribution in [3.05, 3.63) is 47.2 Å². The standard InChI is InChI=1S/C17H17ClN4O3/c1-2-9-22-16(19-20-21-22)10-25-17(23)11-24-15-8-7-14(18)12-5-3-4-6-13(12)15/h3-8H,2,9-11H2,1H3. The molecule has 0 bridgehead atoms. The lowest BCUT2D eigenvalue weighted by Crippen LogP contribution is -2.16. The summed E-state index contributed by atoms with van der Waals surface area (Å²) in [6.07, 6.45) is 0.888. The number of esters is 1. The number of fused-ring (bicyclic) bond motifs is 1. The third-order valence-corrected chi connectivity index (χ3v) is 3.91. The summed E-state index contributed by atoms with van der Waals surface area (Å²) in [5.41, 5.74) is 0. The Morgan fingerprint density at radius 1 is 1.20 bits per heavy atom. The van der Waals surface area contributed by atoms with Gasteiger partial charge in [-0.25, -0.2) is 9.48 Å². The minimum absolute atomic E-state index is 0.0105. The van der Waals surface area contributed by atoms with Crippen molar-refractivity contribution < 1.29 is 14.3 Å². The lowest BCUT2D eigenvalue weighted by molar-refractivity contribution is -0.147. The monoisotopic (exact) mass is 360 g/mol. The van der Waals surface area contributed by atoms with Crippen molar-refractivity contribution in [1.29, 1.82) is 0 Å². The fourth-order valence-corrected chi connectivity index (χ4v) is 2.62. The Kier molecular flexibility index (Phi) is 5.45. The lowest BCUT2D eigenvalue weighted by Gasteiger charge is -2.10. The molecule has 0 aliphatic carbocycles. The van der Waals surface area contributed by atoms with Crippen LogP contribution in [0.5, 0.6) is 5.75 Å². The zero-order chi connectivity index (χ0) is 17.6. The minimum Gasteiger partial charge on any atom is -0.481 e. The van der Waals surface area contributed by atoms with Crippen LogP contribution in [0.25, 0.3) is 10.8 Å². The molecule has 3 rings (SSSR count). The van der Waals surface area contributed by atoms with Gasteiger partial charge in [-0.1, -0.05) is 42.8 Å². The molecule has 3 aromatic rings. The van der Waals surface area contributed by atoms with Gasteiger partial charge in [-0.15, -0.1) is 5.10 Å². The van der Waals surface area contributed by atoms with E-state index in [1.807, 2.05) is 31.2 Å². The predicted molar refractivity (Wildman–Crippen MR) is 92.4 cm³/mol. The molecule has 0 atom stereocenters. The van der Waals surface area contributed by atoms with Crippen LogP contribution in [0, 0.1) is 0 Å². The van der Waals surface area contributed by atoms with Gasteiger partial charge < -0.3 is 9.47 Å². The van der Waals surface area contributed by atoms with E-state index in [1.54, 1.807) is 16.8 Å². The lowest BCUT2D eigenvalue weighted by atomic mass is 10.1. The smallest absolute Gasteiger partial charge is 0.344 e. The Bertz CT molecular complexity index is 881. The topological polar surface area (TPSA) is 79.1 Å². The van der Waals surface area contributed by atoms with Gasteiger partial charge in [0.15, 0.2) is 19.0 Å². The Labute approximate surface area is 149 Å². The van der Waals surface area contributed by atoms with Crippen molar-refractivity contribution in [1.82, 2.24) is 20.2 Å². The Hall–Kier alpha value is -2.67. The molecule has 0 amide bonds. The van der Waals surface area contributed by atoms with Gasteiger partial charge in [0.05, 0.1) is 0 Å². The number of carbonyl (C=O) groups is 1. The summed E-state index contributed by atoms with van der Waals surface area (Å²) in [6.45, 7) is 2.49. The number of tetrazole rings is 1. The number of hydrogen-bond donors (Lipinski definition) is 0. The molecule has 7 nitrogen and oxygen atoms in total. The van der Waals surface area contributed by atoms with Crippen LogP contribution >= 0.6 is 11.6 Å². The van der Waals surface area contributed by atoms with Crippen LogP contribution in [0.15, 0.2) is 36.4 Å². The van der Waals surface area contributed by atoms with Gasteiger partial charge in [-0.3, -0.25) is 0 Å². The molecular formula is C17H17ClN4O3. The van der Waals surface area contributed by atoms with Crippen LogP contribution < -0.4 is 4.74 Å². The maximum absolute atomic E-state index is 11.9. The fraction of sp³-hybridized carbons (Fsp3) is 0.294. The summed E-state index contributed by atoms with van der Waals surface area (Å²) < 4.78 is 12.4. The number of ether oxygens (including phenoxy) is 2.